The molecule has 24 heavy (non-hydrogen) atoms. The van der Waals surface area contributed by atoms with Crippen molar-refractivity contribution in [1.29, 1.82) is 0 Å². The fourth-order valence-electron chi connectivity index (χ4n) is 1.90. The van der Waals surface area contributed by atoms with Gasteiger partial charge in [0.2, 0.25) is 11.0 Å². The number of aromatic nitrogens is 2. The number of hydrogen-bond donors (Lipinski definition) is 2. The predicted molar refractivity (Wildman–Crippen MR) is 99.4 cm³/mol. The van der Waals surface area contributed by atoms with Crippen molar-refractivity contribution in [2.75, 3.05) is 24.7 Å². The molecule has 1 aromatic carbocycles. The second-order valence-corrected chi connectivity index (χ2v) is 7.27. The Morgan fingerprint density at radius 3 is 2.75 bits per heavy atom. The Hall–Kier alpha value is -1.80. The molecule has 6 nitrogen and oxygen atoms in total. The first-order valence-corrected chi connectivity index (χ1v) is 9.65. The van der Waals surface area contributed by atoms with Crippen molar-refractivity contribution >= 4 is 39.8 Å². The number of carbonyl (C=O) groups excluding carboxylic acids is 1. The lowest BCUT2D eigenvalue weighted by Gasteiger charge is -2.03. The Labute approximate surface area is 150 Å². The molecule has 0 saturated carbocycles. The normalized spacial score (nSPS) is 10.4. The van der Waals surface area contributed by atoms with Gasteiger partial charge in [-0.3, -0.25) is 4.79 Å². The third-order valence-electron chi connectivity index (χ3n) is 3.18. The van der Waals surface area contributed by atoms with Crippen LogP contribution in [0.25, 0.3) is 0 Å². The van der Waals surface area contributed by atoms with Crippen LogP contribution >= 0.6 is 23.1 Å². The van der Waals surface area contributed by atoms with Crippen LogP contribution in [0.5, 0.6) is 5.75 Å². The summed E-state index contributed by atoms with van der Waals surface area (Å²) in [6, 6.07) is 7.58. The van der Waals surface area contributed by atoms with Crippen molar-refractivity contribution < 1.29 is 9.53 Å². The zero-order chi connectivity index (χ0) is 17.2. The third-order valence-corrected chi connectivity index (χ3v) is 5.15. The van der Waals surface area contributed by atoms with Gasteiger partial charge in [0.05, 0.1) is 12.9 Å². The van der Waals surface area contributed by atoms with Crippen molar-refractivity contribution in [2.24, 2.45) is 0 Å². The summed E-state index contributed by atoms with van der Waals surface area (Å²) in [6.45, 7) is 2.89. The molecule has 130 valence electrons. The number of carbonyl (C=O) groups is 1. The van der Waals surface area contributed by atoms with E-state index in [1.165, 1.54) is 23.1 Å². The first-order chi connectivity index (χ1) is 11.7. The summed E-state index contributed by atoms with van der Waals surface area (Å²) in [4.78, 5) is 11.7. The Morgan fingerprint density at radius 1 is 1.25 bits per heavy atom. The number of benzene rings is 1. The monoisotopic (exact) mass is 366 g/mol. The van der Waals surface area contributed by atoms with E-state index in [1.54, 1.807) is 7.11 Å². The fraction of sp³-hybridized carbons (Fsp3) is 0.438. The lowest BCUT2D eigenvalue weighted by atomic mass is 10.2. The molecule has 0 fully saturated rings. The predicted octanol–water partition coefficient (Wildman–Crippen LogP) is 3.69. The highest BCUT2D eigenvalue weighted by molar-refractivity contribution is 8.01. The van der Waals surface area contributed by atoms with E-state index in [-0.39, 0.29) is 5.91 Å². The van der Waals surface area contributed by atoms with Crippen molar-refractivity contribution in [3.8, 4) is 5.75 Å². The topological polar surface area (TPSA) is 76.1 Å². The van der Waals surface area contributed by atoms with Crippen LogP contribution in [0.3, 0.4) is 0 Å². The molecule has 0 spiro atoms. The third kappa shape index (κ3) is 6.37. The summed E-state index contributed by atoms with van der Waals surface area (Å²) in [7, 11) is 1.64. The summed E-state index contributed by atoms with van der Waals surface area (Å²) in [6.07, 6.45) is 3.32. The van der Waals surface area contributed by atoms with Crippen LogP contribution in [0.1, 0.15) is 26.2 Å². The number of nitrogens with one attached hydrogen (secondary N) is 2. The molecule has 0 atom stereocenters. The van der Waals surface area contributed by atoms with Crippen molar-refractivity contribution in [1.82, 2.24) is 15.5 Å². The number of thioether (sulfide) groups is 1. The van der Waals surface area contributed by atoms with Gasteiger partial charge in [-0.05, 0) is 30.7 Å². The van der Waals surface area contributed by atoms with Gasteiger partial charge in [0.15, 0.2) is 4.34 Å². The average molecular weight is 367 g/mol. The molecular weight excluding hydrogens is 344 g/mol. The van der Waals surface area contributed by atoms with Crippen molar-refractivity contribution in [3.05, 3.63) is 24.3 Å². The quantitative estimate of drug-likeness (QED) is 0.493. The molecule has 0 unspecified atom stereocenters. The van der Waals surface area contributed by atoms with Crippen molar-refractivity contribution in [2.45, 2.75) is 30.5 Å². The van der Waals surface area contributed by atoms with E-state index in [9.17, 15) is 4.79 Å². The molecule has 0 saturated heterocycles. The van der Waals surface area contributed by atoms with Crippen LogP contribution in [-0.2, 0) is 4.79 Å². The maximum atomic E-state index is 11.7. The molecule has 2 aromatic rings. The van der Waals surface area contributed by atoms with E-state index >= 15 is 0 Å². The maximum Gasteiger partial charge on any atom is 0.230 e. The molecule has 1 heterocycles. The van der Waals surface area contributed by atoms with Gasteiger partial charge in [-0.25, -0.2) is 0 Å². The molecule has 0 bridgehead atoms. The van der Waals surface area contributed by atoms with E-state index in [0.717, 1.165) is 41.6 Å². The summed E-state index contributed by atoms with van der Waals surface area (Å²) in [5.74, 6) is 1.21. The van der Waals surface area contributed by atoms with Crippen molar-refractivity contribution in [3.63, 3.8) is 0 Å². The van der Waals surface area contributed by atoms with Gasteiger partial charge < -0.3 is 15.4 Å². The minimum Gasteiger partial charge on any atom is -0.497 e. The number of anilines is 2. The molecule has 0 aliphatic rings. The Balaban J connectivity index is 1.75. The minimum atomic E-state index is 0.0379. The molecule has 8 heteroatoms. The molecule has 0 radical (unpaired) electrons. The van der Waals surface area contributed by atoms with Gasteiger partial charge in [-0.1, -0.05) is 42.9 Å². The van der Waals surface area contributed by atoms with Gasteiger partial charge in [0.25, 0.3) is 0 Å². The Kier molecular flexibility index (Phi) is 7.84. The van der Waals surface area contributed by atoms with E-state index in [1.807, 2.05) is 24.3 Å². The first-order valence-electron chi connectivity index (χ1n) is 7.85. The highest BCUT2D eigenvalue weighted by Gasteiger charge is 2.08. The average Bonchev–Trinajstić information content (AvgIpc) is 3.05. The number of nitrogens with zero attached hydrogens (tertiary/aromatic N) is 2. The summed E-state index contributed by atoms with van der Waals surface area (Å²) in [5.41, 5.74) is 0.914. The lowest BCUT2D eigenvalue weighted by molar-refractivity contribution is -0.118. The SMILES string of the molecule is CCCCCNC(=O)CSc1nnc(Nc2ccc(OC)cc2)s1. The molecule has 0 aliphatic heterocycles. The second kappa shape index (κ2) is 10.1. The molecule has 0 aliphatic carbocycles. The molecule has 2 rings (SSSR count). The minimum absolute atomic E-state index is 0.0379. The van der Waals surface area contributed by atoms with Crippen LogP contribution < -0.4 is 15.4 Å². The van der Waals surface area contributed by atoms with Gasteiger partial charge >= 0.3 is 0 Å². The zero-order valence-electron chi connectivity index (χ0n) is 13.9. The number of rotatable bonds is 10. The smallest absolute Gasteiger partial charge is 0.230 e. The Bertz CT molecular complexity index is 631. The van der Waals surface area contributed by atoms with E-state index in [2.05, 4.69) is 27.8 Å². The van der Waals surface area contributed by atoms with Crippen LogP contribution in [0, 0.1) is 0 Å². The van der Waals surface area contributed by atoms with Gasteiger partial charge in [-0.2, -0.15) is 0 Å². The summed E-state index contributed by atoms with van der Waals surface area (Å²) < 4.78 is 5.90. The van der Waals surface area contributed by atoms with E-state index in [0.29, 0.717) is 10.9 Å². The van der Waals surface area contributed by atoms with Crippen LogP contribution in [0.4, 0.5) is 10.8 Å². The number of hydrogen-bond acceptors (Lipinski definition) is 7. The highest BCUT2D eigenvalue weighted by atomic mass is 32.2. The largest absolute Gasteiger partial charge is 0.497 e. The van der Waals surface area contributed by atoms with E-state index in [4.69, 9.17) is 4.74 Å². The van der Waals surface area contributed by atoms with Gasteiger partial charge in [0, 0.05) is 12.2 Å². The first kappa shape index (κ1) is 18.5. The zero-order valence-corrected chi connectivity index (χ0v) is 15.5. The second-order valence-electron chi connectivity index (χ2n) is 5.07. The fourth-order valence-corrected chi connectivity index (χ4v) is 3.50. The standard InChI is InChI=1S/C16H22N4O2S2/c1-3-4-5-10-17-14(21)11-23-16-20-19-15(24-16)18-12-6-8-13(22-2)9-7-12/h6-9H,3-5,10-11H2,1-2H3,(H,17,21)(H,18,19). The Morgan fingerprint density at radius 2 is 2.04 bits per heavy atom. The highest BCUT2D eigenvalue weighted by Crippen LogP contribution is 2.28. The van der Waals surface area contributed by atoms with Crippen LogP contribution in [-0.4, -0.2) is 35.5 Å². The van der Waals surface area contributed by atoms with Gasteiger partial charge in [-0.15, -0.1) is 10.2 Å². The van der Waals surface area contributed by atoms with Crippen LogP contribution in [0.15, 0.2) is 28.6 Å². The lowest BCUT2D eigenvalue weighted by Crippen LogP contribution is -2.26. The molecule has 2 N–H and O–H groups in total. The molecule has 1 amide bonds. The number of unbranched alkanes of at least 4 members (excludes halogenated alkanes) is 2. The number of amides is 1. The summed E-state index contributed by atoms with van der Waals surface area (Å²) >= 11 is 2.83. The van der Waals surface area contributed by atoms with Crippen LogP contribution in [0.2, 0.25) is 0 Å². The number of ether oxygens (including phenoxy) is 1. The van der Waals surface area contributed by atoms with E-state index < -0.39 is 0 Å². The summed E-state index contributed by atoms with van der Waals surface area (Å²) in [5, 5.41) is 15.0. The maximum absolute atomic E-state index is 11.7. The molecule has 1 aromatic heterocycles. The van der Waals surface area contributed by atoms with Gasteiger partial charge in [0.1, 0.15) is 5.75 Å². The number of methoxy groups -OCH3 is 1. The molecular formula is C16H22N4O2S2.